The Labute approximate surface area is 146 Å². The summed E-state index contributed by atoms with van der Waals surface area (Å²) in [5.41, 5.74) is -1.42. The molecule has 2 aromatic rings. The first-order valence-electron chi connectivity index (χ1n) is 8.13. The van der Waals surface area contributed by atoms with Crippen molar-refractivity contribution < 1.29 is 22.4 Å². The summed E-state index contributed by atoms with van der Waals surface area (Å²) in [5, 5.41) is 0. The van der Waals surface area contributed by atoms with Gasteiger partial charge in [-0.3, -0.25) is 9.59 Å². The molecular weight excluding hydrogens is 352 g/mol. The maximum Gasteiger partial charge on any atom is 0.419 e. The molecule has 4 nitrogen and oxygen atoms in total. The maximum atomic E-state index is 13.9. The van der Waals surface area contributed by atoms with Crippen molar-refractivity contribution in [3.8, 4) is 0 Å². The summed E-state index contributed by atoms with van der Waals surface area (Å²) in [6, 6.07) is 3.88. The second-order valence-corrected chi connectivity index (χ2v) is 6.52. The van der Waals surface area contributed by atoms with Crippen LogP contribution in [-0.2, 0) is 6.18 Å². The van der Waals surface area contributed by atoms with Crippen LogP contribution in [0.4, 0.5) is 17.6 Å². The quantitative estimate of drug-likeness (QED) is 0.641. The number of hydrogen-bond acceptors (Lipinski definition) is 3. The van der Waals surface area contributed by atoms with E-state index in [1.165, 1.54) is 6.07 Å². The molecule has 0 saturated heterocycles. The largest absolute Gasteiger partial charge is 0.419 e. The lowest BCUT2D eigenvalue weighted by atomic mass is 9.88. The van der Waals surface area contributed by atoms with Crippen LogP contribution in [0.25, 0.3) is 0 Å². The molecule has 0 radical (unpaired) electrons. The normalized spacial score (nSPS) is 15.7. The van der Waals surface area contributed by atoms with E-state index >= 15 is 0 Å². The van der Waals surface area contributed by atoms with E-state index in [0.717, 1.165) is 25.0 Å². The zero-order valence-electron chi connectivity index (χ0n) is 13.9. The molecule has 0 aliphatic heterocycles. The zero-order chi connectivity index (χ0) is 19.1. The van der Waals surface area contributed by atoms with E-state index in [4.69, 9.17) is 0 Å². The molecule has 1 aliphatic rings. The third-order valence-corrected chi connectivity index (χ3v) is 4.47. The topological polar surface area (TPSA) is 62.8 Å². The number of hydrogen-bond donors (Lipinski definition) is 1. The smallest absolute Gasteiger partial charge is 0.311 e. The van der Waals surface area contributed by atoms with Crippen molar-refractivity contribution in [3.05, 3.63) is 63.1 Å². The van der Waals surface area contributed by atoms with Gasteiger partial charge in [0.25, 0.3) is 5.56 Å². The molecule has 1 atom stereocenters. The van der Waals surface area contributed by atoms with Gasteiger partial charge in [0, 0.05) is 12.5 Å². The predicted molar refractivity (Wildman–Crippen MR) is 85.4 cm³/mol. The average Bonchev–Trinajstić information content (AvgIpc) is 3.34. The maximum absolute atomic E-state index is 13.9. The summed E-state index contributed by atoms with van der Waals surface area (Å²) in [7, 11) is 0. The fourth-order valence-corrected chi connectivity index (χ4v) is 3.07. The van der Waals surface area contributed by atoms with Crippen molar-refractivity contribution in [2.75, 3.05) is 0 Å². The minimum atomic E-state index is -4.76. The molecule has 0 unspecified atom stereocenters. The first-order chi connectivity index (χ1) is 12.1. The Morgan fingerprint density at radius 2 is 2.00 bits per heavy atom. The van der Waals surface area contributed by atoms with Crippen molar-refractivity contribution in [3.63, 3.8) is 0 Å². The molecule has 26 heavy (non-hydrogen) atoms. The molecule has 0 spiro atoms. The molecule has 8 heteroatoms. The number of Topliss-reactive ketones (excluding diaryl/α,β-unsaturated/α-hetero) is 1. The number of aryl methyl sites for hydroxylation is 1. The highest BCUT2D eigenvalue weighted by atomic mass is 19.4. The van der Waals surface area contributed by atoms with Crippen molar-refractivity contribution in [1.82, 2.24) is 9.97 Å². The van der Waals surface area contributed by atoms with Gasteiger partial charge >= 0.3 is 6.18 Å². The van der Waals surface area contributed by atoms with Crippen LogP contribution in [0.3, 0.4) is 0 Å². The van der Waals surface area contributed by atoms with Crippen molar-refractivity contribution in [2.24, 2.45) is 5.92 Å². The highest BCUT2D eigenvalue weighted by molar-refractivity contribution is 5.94. The molecule has 3 rings (SSSR count). The highest BCUT2D eigenvalue weighted by Gasteiger charge is 2.37. The average molecular weight is 368 g/mol. The first kappa shape index (κ1) is 18.3. The molecule has 1 saturated carbocycles. The van der Waals surface area contributed by atoms with Gasteiger partial charge in [-0.15, -0.1) is 0 Å². The molecule has 1 fully saturated rings. The molecule has 0 amide bonds. The highest BCUT2D eigenvalue weighted by Crippen LogP contribution is 2.45. The lowest BCUT2D eigenvalue weighted by Crippen LogP contribution is -2.17. The molecule has 1 N–H and O–H groups in total. The Balaban J connectivity index is 1.87. The SMILES string of the molecule is Cc1nc(C(=O)C[C@@H](c2ccc(C(F)(F)F)c(F)c2)C2CC2)cc(=O)[nH]1. The standard InChI is InChI=1S/C18H16F4N2O2/c1-9-23-15(8-17(26)24-9)16(25)7-12(10-2-3-10)11-4-5-13(14(19)6-11)18(20,21)22/h4-6,8,10,12H,2-3,7H2,1H3,(H,23,24,26)/t12-/m1/s1. The molecule has 1 aliphatic carbocycles. The number of nitrogens with one attached hydrogen (secondary N) is 1. The lowest BCUT2D eigenvalue weighted by Gasteiger charge is -2.17. The molecule has 1 aromatic carbocycles. The number of aromatic amines is 1. The molecule has 0 bridgehead atoms. The van der Waals surface area contributed by atoms with Gasteiger partial charge < -0.3 is 4.98 Å². The molecule has 138 valence electrons. The van der Waals surface area contributed by atoms with Crippen LogP contribution >= 0.6 is 0 Å². The van der Waals surface area contributed by atoms with E-state index in [0.29, 0.717) is 17.5 Å². The van der Waals surface area contributed by atoms with E-state index in [-0.39, 0.29) is 18.0 Å². The van der Waals surface area contributed by atoms with E-state index in [1.54, 1.807) is 6.92 Å². The van der Waals surface area contributed by atoms with Crippen molar-refractivity contribution >= 4 is 5.78 Å². The minimum absolute atomic E-state index is 0.00397. The van der Waals surface area contributed by atoms with E-state index < -0.39 is 34.8 Å². The summed E-state index contributed by atoms with van der Waals surface area (Å²) < 4.78 is 52.1. The Morgan fingerprint density at radius 1 is 1.31 bits per heavy atom. The number of nitrogens with zero attached hydrogens (tertiary/aromatic N) is 1. The summed E-state index contributed by atoms with van der Waals surface area (Å²) in [5.74, 6) is -1.74. The summed E-state index contributed by atoms with van der Waals surface area (Å²) in [4.78, 5) is 30.4. The number of carbonyl (C=O) groups excluding carboxylic acids is 1. The second kappa shape index (κ2) is 6.66. The van der Waals surface area contributed by atoms with Gasteiger partial charge in [-0.25, -0.2) is 9.37 Å². The number of carbonyl (C=O) groups is 1. The van der Waals surface area contributed by atoms with Gasteiger partial charge in [0.2, 0.25) is 0 Å². The van der Waals surface area contributed by atoms with Crippen LogP contribution in [-0.4, -0.2) is 15.8 Å². The van der Waals surface area contributed by atoms with Crippen molar-refractivity contribution in [1.29, 1.82) is 0 Å². The molecular formula is C18H16F4N2O2. The van der Waals surface area contributed by atoms with Crippen LogP contribution in [0, 0.1) is 18.7 Å². The summed E-state index contributed by atoms with van der Waals surface area (Å²) >= 11 is 0. The number of H-pyrrole nitrogens is 1. The van der Waals surface area contributed by atoms with Gasteiger partial charge in [0.15, 0.2) is 5.78 Å². The summed E-state index contributed by atoms with van der Waals surface area (Å²) in [6.45, 7) is 1.54. The van der Waals surface area contributed by atoms with Gasteiger partial charge in [0.05, 0.1) is 5.56 Å². The third-order valence-electron chi connectivity index (χ3n) is 4.47. The van der Waals surface area contributed by atoms with Crippen LogP contribution in [0.1, 0.15) is 52.6 Å². The fourth-order valence-electron chi connectivity index (χ4n) is 3.07. The number of aromatic nitrogens is 2. The van der Waals surface area contributed by atoms with Crippen molar-refractivity contribution in [2.45, 2.75) is 38.3 Å². The molecule has 1 aromatic heterocycles. The Hall–Kier alpha value is -2.51. The summed E-state index contributed by atoms with van der Waals surface area (Å²) in [6.07, 6.45) is -3.16. The number of ketones is 1. The van der Waals surface area contributed by atoms with E-state index in [2.05, 4.69) is 9.97 Å². The van der Waals surface area contributed by atoms with Crippen LogP contribution in [0.15, 0.2) is 29.1 Å². The predicted octanol–water partition coefficient (Wildman–Crippen LogP) is 4.00. The Bertz CT molecular complexity index is 901. The zero-order valence-corrected chi connectivity index (χ0v) is 13.9. The van der Waals surface area contributed by atoms with Gasteiger partial charge in [0.1, 0.15) is 17.3 Å². The molecule has 1 heterocycles. The second-order valence-electron chi connectivity index (χ2n) is 6.52. The Morgan fingerprint density at radius 3 is 2.54 bits per heavy atom. The number of halogens is 4. The Kier molecular flexibility index (Phi) is 4.68. The number of benzene rings is 1. The van der Waals surface area contributed by atoms with Crippen LogP contribution < -0.4 is 5.56 Å². The first-order valence-corrected chi connectivity index (χ1v) is 8.13. The number of rotatable bonds is 5. The monoisotopic (exact) mass is 368 g/mol. The van der Waals surface area contributed by atoms with Crippen LogP contribution in [0.5, 0.6) is 0 Å². The lowest BCUT2D eigenvalue weighted by molar-refractivity contribution is -0.140. The van der Waals surface area contributed by atoms with E-state index in [9.17, 15) is 27.2 Å². The van der Waals surface area contributed by atoms with Crippen LogP contribution in [0.2, 0.25) is 0 Å². The number of alkyl halides is 3. The van der Waals surface area contributed by atoms with Gasteiger partial charge in [-0.1, -0.05) is 6.07 Å². The van der Waals surface area contributed by atoms with E-state index in [1.807, 2.05) is 0 Å². The van der Waals surface area contributed by atoms with Gasteiger partial charge in [-0.2, -0.15) is 13.2 Å². The third kappa shape index (κ3) is 4.00. The fraction of sp³-hybridized carbons (Fsp3) is 0.389. The minimum Gasteiger partial charge on any atom is -0.311 e. The van der Waals surface area contributed by atoms with Gasteiger partial charge in [-0.05, 0) is 49.3 Å².